The second-order valence-corrected chi connectivity index (χ2v) is 5.86. The number of hydrogen-bond acceptors (Lipinski definition) is 5. The van der Waals surface area contributed by atoms with Crippen LogP contribution in [0.15, 0.2) is 53.1 Å². The molecule has 138 valence electrons. The number of hydrogen-bond donors (Lipinski definition) is 4. The molecule has 0 saturated carbocycles. The maximum Gasteiger partial charge on any atom is 0.138 e. The number of benzene rings is 2. The first-order valence-corrected chi connectivity index (χ1v) is 8.08. The Balaban J connectivity index is 2.03. The fourth-order valence-corrected chi connectivity index (χ4v) is 2.78. The van der Waals surface area contributed by atoms with Crippen LogP contribution >= 0.6 is 0 Å². The fraction of sp³-hybridized carbons (Fsp3) is 0.100. The lowest BCUT2D eigenvalue weighted by molar-refractivity contribution is 0.414. The molecule has 0 aliphatic carbocycles. The molecule has 27 heavy (non-hydrogen) atoms. The van der Waals surface area contributed by atoms with Gasteiger partial charge in [-0.3, -0.25) is 10.8 Å². The van der Waals surface area contributed by atoms with Gasteiger partial charge in [-0.1, -0.05) is 12.1 Å². The summed E-state index contributed by atoms with van der Waals surface area (Å²) in [6.07, 6.45) is 1.62. The molecular weight excluding hydrogens is 344 g/mol. The summed E-state index contributed by atoms with van der Waals surface area (Å²) < 4.78 is 16.6. The zero-order valence-electron chi connectivity index (χ0n) is 15.0. The van der Waals surface area contributed by atoms with E-state index in [4.69, 9.17) is 36.2 Å². The number of amidine groups is 2. The van der Waals surface area contributed by atoms with Gasteiger partial charge in [-0.25, -0.2) is 0 Å². The fourth-order valence-electron chi connectivity index (χ4n) is 2.78. The summed E-state index contributed by atoms with van der Waals surface area (Å²) in [5.74, 6) is 1.70. The monoisotopic (exact) mass is 364 g/mol. The van der Waals surface area contributed by atoms with E-state index in [0.29, 0.717) is 28.4 Å². The highest BCUT2D eigenvalue weighted by atomic mass is 16.5. The standard InChI is InChI=1S/C20H20N4O3/c1-25-16-7-11(19(21)22)3-5-14(16)13-9-18(27-10-13)15-6-4-12(20(23)24)8-17(15)26-2/h3-10H,1-2H3,(H3,21,22)(H3,23,24). The van der Waals surface area contributed by atoms with E-state index in [2.05, 4.69) is 0 Å². The molecule has 7 nitrogen and oxygen atoms in total. The quantitative estimate of drug-likeness (QED) is 0.394. The van der Waals surface area contributed by atoms with Crippen molar-refractivity contribution < 1.29 is 13.9 Å². The summed E-state index contributed by atoms with van der Waals surface area (Å²) in [4.78, 5) is 0. The summed E-state index contributed by atoms with van der Waals surface area (Å²) >= 11 is 0. The minimum absolute atomic E-state index is 0.0250. The maximum absolute atomic E-state index is 7.56. The lowest BCUT2D eigenvalue weighted by Crippen LogP contribution is -2.11. The summed E-state index contributed by atoms with van der Waals surface area (Å²) in [5.41, 5.74) is 14.6. The average Bonchev–Trinajstić information content (AvgIpc) is 3.16. The van der Waals surface area contributed by atoms with Gasteiger partial charge in [0.15, 0.2) is 0 Å². The number of methoxy groups -OCH3 is 2. The molecule has 0 bridgehead atoms. The average molecular weight is 364 g/mol. The Morgan fingerprint density at radius 3 is 1.85 bits per heavy atom. The molecule has 0 unspecified atom stereocenters. The van der Waals surface area contributed by atoms with E-state index < -0.39 is 0 Å². The number of ether oxygens (including phenoxy) is 2. The van der Waals surface area contributed by atoms with E-state index in [1.54, 1.807) is 50.8 Å². The van der Waals surface area contributed by atoms with Gasteiger partial charge in [0.25, 0.3) is 0 Å². The highest BCUT2D eigenvalue weighted by molar-refractivity contribution is 5.97. The third-order valence-electron chi connectivity index (χ3n) is 4.20. The molecule has 2 aromatic carbocycles. The topological polar surface area (TPSA) is 131 Å². The van der Waals surface area contributed by atoms with Gasteiger partial charge >= 0.3 is 0 Å². The van der Waals surface area contributed by atoms with Gasteiger partial charge in [0.2, 0.25) is 0 Å². The molecule has 0 atom stereocenters. The molecule has 3 aromatic rings. The van der Waals surface area contributed by atoms with Gasteiger partial charge in [0, 0.05) is 22.3 Å². The molecule has 0 aliphatic heterocycles. The van der Waals surface area contributed by atoms with Gasteiger partial charge in [0.1, 0.15) is 28.9 Å². The van der Waals surface area contributed by atoms with Crippen LogP contribution in [0.1, 0.15) is 11.1 Å². The van der Waals surface area contributed by atoms with Crippen LogP contribution in [0.25, 0.3) is 22.5 Å². The number of furan rings is 1. The van der Waals surface area contributed by atoms with Crippen molar-refractivity contribution in [2.45, 2.75) is 0 Å². The van der Waals surface area contributed by atoms with Gasteiger partial charge in [-0.2, -0.15) is 0 Å². The van der Waals surface area contributed by atoms with Crippen molar-refractivity contribution in [1.29, 1.82) is 10.8 Å². The van der Waals surface area contributed by atoms with Gasteiger partial charge in [0.05, 0.1) is 26.0 Å². The lowest BCUT2D eigenvalue weighted by atomic mass is 10.0. The van der Waals surface area contributed by atoms with Crippen LogP contribution in [0.2, 0.25) is 0 Å². The molecule has 0 radical (unpaired) electrons. The summed E-state index contributed by atoms with van der Waals surface area (Å²) in [5, 5.41) is 15.1. The molecule has 0 fully saturated rings. The number of rotatable bonds is 6. The molecule has 0 spiro atoms. The lowest BCUT2D eigenvalue weighted by Gasteiger charge is -2.09. The van der Waals surface area contributed by atoms with Crippen LogP contribution in [0, 0.1) is 10.8 Å². The molecular formula is C20H20N4O3. The first kappa shape index (κ1) is 18.1. The predicted octanol–water partition coefficient (Wildman–Crippen LogP) is 3.20. The van der Waals surface area contributed by atoms with E-state index in [0.717, 1.165) is 16.7 Å². The number of nitrogen functional groups attached to an aromatic ring is 2. The van der Waals surface area contributed by atoms with Gasteiger partial charge in [-0.15, -0.1) is 0 Å². The van der Waals surface area contributed by atoms with Crippen LogP contribution in [0.3, 0.4) is 0 Å². The van der Waals surface area contributed by atoms with Gasteiger partial charge in [-0.05, 0) is 30.3 Å². The van der Waals surface area contributed by atoms with E-state index in [1.165, 1.54) is 0 Å². The second-order valence-electron chi connectivity index (χ2n) is 5.86. The Bertz CT molecular complexity index is 944. The first-order valence-electron chi connectivity index (χ1n) is 8.08. The Morgan fingerprint density at radius 1 is 0.815 bits per heavy atom. The third kappa shape index (κ3) is 3.48. The molecule has 7 heteroatoms. The predicted molar refractivity (Wildman–Crippen MR) is 105 cm³/mol. The number of nitrogens with one attached hydrogen (secondary N) is 2. The van der Waals surface area contributed by atoms with E-state index in [9.17, 15) is 0 Å². The van der Waals surface area contributed by atoms with E-state index >= 15 is 0 Å². The normalized spacial score (nSPS) is 10.4. The summed E-state index contributed by atoms with van der Waals surface area (Å²) in [6, 6.07) is 12.4. The Kier molecular flexibility index (Phi) is 4.85. The third-order valence-corrected chi connectivity index (χ3v) is 4.20. The molecule has 0 aliphatic rings. The van der Waals surface area contributed by atoms with Crippen LogP contribution in [-0.4, -0.2) is 25.9 Å². The van der Waals surface area contributed by atoms with Crippen molar-refractivity contribution in [2.75, 3.05) is 14.2 Å². The largest absolute Gasteiger partial charge is 0.496 e. The molecule has 0 saturated heterocycles. The molecule has 1 aromatic heterocycles. The number of nitrogens with two attached hydrogens (primary N) is 2. The first-order chi connectivity index (χ1) is 12.9. The van der Waals surface area contributed by atoms with Crippen molar-refractivity contribution in [3.05, 3.63) is 59.9 Å². The highest BCUT2D eigenvalue weighted by Gasteiger charge is 2.15. The van der Waals surface area contributed by atoms with Crippen LogP contribution < -0.4 is 20.9 Å². The zero-order chi connectivity index (χ0) is 19.6. The Morgan fingerprint density at radius 2 is 1.33 bits per heavy atom. The van der Waals surface area contributed by atoms with Crippen molar-refractivity contribution in [3.63, 3.8) is 0 Å². The van der Waals surface area contributed by atoms with Crippen molar-refractivity contribution >= 4 is 11.7 Å². The molecule has 6 N–H and O–H groups in total. The highest BCUT2D eigenvalue weighted by Crippen LogP contribution is 2.37. The van der Waals surface area contributed by atoms with Crippen LogP contribution in [-0.2, 0) is 0 Å². The Labute approximate surface area is 156 Å². The zero-order valence-corrected chi connectivity index (χ0v) is 15.0. The minimum Gasteiger partial charge on any atom is -0.496 e. The van der Waals surface area contributed by atoms with Crippen molar-refractivity contribution in [3.8, 4) is 33.9 Å². The molecule has 1 heterocycles. The van der Waals surface area contributed by atoms with E-state index in [-0.39, 0.29) is 11.7 Å². The summed E-state index contributed by atoms with van der Waals surface area (Å²) in [6.45, 7) is 0. The smallest absolute Gasteiger partial charge is 0.138 e. The summed E-state index contributed by atoms with van der Waals surface area (Å²) in [7, 11) is 3.11. The SMILES string of the molecule is COc1cc(C(=N)N)ccc1-c1coc(-c2ccc(C(=N)N)cc2OC)c1. The molecule has 0 amide bonds. The van der Waals surface area contributed by atoms with Gasteiger partial charge < -0.3 is 25.4 Å². The van der Waals surface area contributed by atoms with E-state index in [1.807, 2.05) is 12.1 Å². The van der Waals surface area contributed by atoms with Crippen LogP contribution in [0.5, 0.6) is 11.5 Å². The Hall–Kier alpha value is -3.74. The maximum atomic E-state index is 7.56. The van der Waals surface area contributed by atoms with Crippen molar-refractivity contribution in [1.82, 2.24) is 0 Å². The van der Waals surface area contributed by atoms with Crippen molar-refractivity contribution in [2.24, 2.45) is 11.5 Å². The molecule has 3 rings (SSSR count). The minimum atomic E-state index is -0.0321. The van der Waals surface area contributed by atoms with Crippen LogP contribution in [0.4, 0.5) is 0 Å². The second kappa shape index (κ2) is 7.25.